The third-order valence-electron chi connectivity index (χ3n) is 6.24. The monoisotopic (exact) mass is 465 g/mol. The standard InChI is InChI=1S/C26H31N3O5/c1-31-20-11-8-18(9-12-20)21-7-5-4-6-16-29(21)25(30)15-14-24-27-26(28-34-24)19-10-13-22(32-2)23(17-19)33-3/h8-13,17,21H,4-7,14-16H2,1-3H3/t21-/m1/s1. The van der Waals surface area contributed by atoms with Crippen LogP contribution in [0.15, 0.2) is 47.0 Å². The van der Waals surface area contributed by atoms with Crippen LogP contribution in [0.4, 0.5) is 0 Å². The van der Waals surface area contributed by atoms with Crippen LogP contribution in [-0.4, -0.2) is 48.8 Å². The molecule has 1 fully saturated rings. The summed E-state index contributed by atoms with van der Waals surface area (Å²) < 4.78 is 21.3. The summed E-state index contributed by atoms with van der Waals surface area (Å²) in [5.41, 5.74) is 1.90. The van der Waals surface area contributed by atoms with Crippen LogP contribution >= 0.6 is 0 Å². The van der Waals surface area contributed by atoms with E-state index in [0.29, 0.717) is 36.1 Å². The van der Waals surface area contributed by atoms with Gasteiger partial charge >= 0.3 is 0 Å². The Kier molecular flexibility index (Phi) is 7.67. The van der Waals surface area contributed by atoms with E-state index in [-0.39, 0.29) is 11.9 Å². The van der Waals surface area contributed by atoms with E-state index in [1.54, 1.807) is 33.5 Å². The second-order valence-electron chi connectivity index (χ2n) is 8.31. The lowest BCUT2D eigenvalue weighted by atomic mass is 10.00. The molecular weight excluding hydrogens is 434 g/mol. The first-order valence-electron chi connectivity index (χ1n) is 11.6. The number of rotatable bonds is 8. The number of likely N-dealkylation sites (tertiary alicyclic amines) is 1. The molecule has 0 unspecified atom stereocenters. The van der Waals surface area contributed by atoms with E-state index in [0.717, 1.165) is 49.1 Å². The molecule has 8 heteroatoms. The number of aryl methyl sites for hydroxylation is 1. The molecule has 3 aromatic rings. The highest BCUT2D eigenvalue weighted by Gasteiger charge is 2.27. The number of carbonyl (C=O) groups is 1. The largest absolute Gasteiger partial charge is 0.497 e. The fourth-order valence-electron chi connectivity index (χ4n) is 4.39. The van der Waals surface area contributed by atoms with Crippen LogP contribution in [0, 0.1) is 0 Å². The number of hydrogen-bond donors (Lipinski definition) is 0. The zero-order valence-electron chi connectivity index (χ0n) is 20.0. The van der Waals surface area contributed by atoms with Crippen LogP contribution in [0.2, 0.25) is 0 Å². The van der Waals surface area contributed by atoms with Gasteiger partial charge in [-0.05, 0) is 48.7 Å². The summed E-state index contributed by atoms with van der Waals surface area (Å²) >= 11 is 0. The second kappa shape index (κ2) is 11.0. The molecule has 0 saturated carbocycles. The van der Waals surface area contributed by atoms with Crippen LogP contribution in [0.1, 0.15) is 49.6 Å². The van der Waals surface area contributed by atoms with Crippen molar-refractivity contribution >= 4 is 5.91 Å². The van der Waals surface area contributed by atoms with Crippen molar-refractivity contribution in [1.29, 1.82) is 0 Å². The number of nitrogens with zero attached hydrogens (tertiary/aromatic N) is 3. The van der Waals surface area contributed by atoms with Gasteiger partial charge in [-0.15, -0.1) is 0 Å². The summed E-state index contributed by atoms with van der Waals surface area (Å²) in [5, 5.41) is 4.08. The molecule has 0 N–H and O–H groups in total. The number of carbonyl (C=O) groups excluding carboxylic acids is 1. The van der Waals surface area contributed by atoms with Gasteiger partial charge in [0.15, 0.2) is 11.5 Å². The van der Waals surface area contributed by atoms with E-state index in [1.165, 1.54) is 0 Å². The summed E-state index contributed by atoms with van der Waals surface area (Å²) in [7, 11) is 4.83. The molecule has 2 aromatic carbocycles. The van der Waals surface area contributed by atoms with Crippen molar-refractivity contribution in [2.24, 2.45) is 0 Å². The molecule has 0 spiro atoms. The van der Waals surface area contributed by atoms with Crippen molar-refractivity contribution in [2.75, 3.05) is 27.9 Å². The number of aromatic nitrogens is 2. The fraction of sp³-hybridized carbons (Fsp3) is 0.423. The number of benzene rings is 2. The molecule has 1 amide bonds. The lowest BCUT2D eigenvalue weighted by molar-refractivity contribution is -0.133. The quantitative estimate of drug-likeness (QED) is 0.470. The van der Waals surface area contributed by atoms with Crippen LogP contribution in [-0.2, 0) is 11.2 Å². The lowest BCUT2D eigenvalue weighted by Crippen LogP contribution is -2.35. The van der Waals surface area contributed by atoms with Gasteiger partial charge in [0.05, 0.1) is 27.4 Å². The van der Waals surface area contributed by atoms with Gasteiger partial charge in [0.2, 0.25) is 17.6 Å². The first kappa shape index (κ1) is 23.6. The molecule has 0 bridgehead atoms. The van der Waals surface area contributed by atoms with E-state index in [9.17, 15) is 4.79 Å². The highest BCUT2D eigenvalue weighted by Crippen LogP contribution is 2.33. The van der Waals surface area contributed by atoms with Crippen LogP contribution < -0.4 is 14.2 Å². The van der Waals surface area contributed by atoms with E-state index < -0.39 is 0 Å². The van der Waals surface area contributed by atoms with Gasteiger partial charge in [0.25, 0.3) is 0 Å². The molecule has 8 nitrogen and oxygen atoms in total. The fourth-order valence-corrected chi connectivity index (χ4v) is 4.39. The Morgan fingerprint density at radius 1 is 1.00 bits per heavy atom. The van der Waals surface area contributed by atoms with E-state index in [2.05, 4.69) is 22.3 Å². The van der Waals surface area contributed by atoms with E-state index in [1.807, 2.05) is 23.1 Å². The third-order valence-corrected chi connectivity index (χ3v) is 6.24. The van der Waals surface area contributed by atoms with Gasteiger partial charge < -0.3 is 23.6 Å². The molecule has 0 aliphatic carbocycles. The van der Waals surface area contributed by atoms with Crippen molar-refractivity contribution in [3.63, 3.8) is 0 Å². The average Bonchev–Trinajstić information content (AvgIpc) is 3.22. The van der Waals surface area contributed by atoms with Gasteiger partial charge in [0.1, 0.15) is 5.75 Å². The smallest absolute Gasteiger partial charge is 0.227 e. The molecule has 0 radical (unpaired) electrons. The maximum Gasteiger partial charge on any atom is 0.227 e. The molecule has 34 heavy (non-hydrogen) atoms. The van der Waals surface area contributed by atoms with Gasteiger partial charge in [-0.25, -0.2) is 0 Å². The molecule has 1 aromatic heterocycles. The van der Waals surface area contributed by atoms with Crippen molar-refractivity contribution in [3.8, 4) is 28.6 Å². The molecular formula is C26H31N3O5. The number of methoxy groups -OCH3 is 3. The Morgan fingerprint density at radius 3 is 2.53 bits per heavy atom. The average molecular weight is 466 g/mol. The summed E-state index contributed by atoms with van der Waals surface area (Å²) in [6.45, 7) is 0.760. The Bertz CT molecular complexity index is 1100. The minimum atomic E-state index is 0.0749. The van der Waals surface area contributed by atoms with Gasteiger partial charge in [-0.3, -0.25) is 4.79 Å². The molecule has 1 aliphatic heterocycles. The first-order valence-corrected chi connectivity index (χ1v) is 11.6. The van der Waals surface area contributed by atoms with Crippen molar-refractivity contribution in [2.45, 2.75) is 44.6 Å². The van der Waals surface area contributed by atoms with E-state index in [4.69, 9.17) is 18.7 Å². The predicted octanol–water partition coefficient (Wildman–Crippen LogP) is 4.84. The molecule has 4 rings (SSSR count). The Balaban J connectivity index is 1.43. The summed E-state index contributed by atoms with van der Waals surface area (Å²) in [6.07, 6.45) is 4.93. The van der Waals surface area contributed by atoms with Crippen molar-refractivity contribution in [1.82, 2.24) is 15.0 Å². The lowest BCUT2D eigenvalue weighted by Gasteiger charge is -2.30. The van der Waals surface area contributed by atoms with Gasteiger partial charge in [0, 0.05) is 24.9 Å². The molecule has 1 saturated heterocycles. The molecule has 1 atom stereocenters. The number of amides is 1. The maximum atomic E-state index is 13.2. The minimum Gasteiger partial charge on any atom is -0.497 e. The topological polar surface area (TPSA) is 86.9 Å². The van der Waals surface area contributed by atoms with E-state index >= 15 is 0 Å². The minimum absolute atomic E-state index is 0.0749. The number of ether oxygens (including phenoxy) is 3. The Hall–Kier alpha value is -3.55. The van der Waals surface area contributed by atoms with Crippen LogP contribution in [0.3, 0.4) is 0 Å². The normalized spacial score (nSPS) is 16.1. The predicted molar refractivity (Wildman–Crippen MR) is 127 cm³/mol. The SMILES string of the molecule is COc1ccc([C@H]2CCCCCN2C(=O)CCc2nc(-c3ccc(OC)c(OC)c3)no2)cc1. The molecule has 2 heterocycles. The zero-order valence-corrected chi connectivity index (χ0v) is 20.0. The molecule has 1 aliphatic rings. The highest BCUT2D eigenvalue weighted by atomic mass is 16.5. The molecule has 180 valence electrons. The summed E-state index contributed by atoms with van der Waals surface area (Å²) in [5.74, 6) is 3.03. The highest BCUT2D eigenvalue weighted by molar-refractivity contribution is 5.77. The zero-order chi connectivity index (χ0) is 23.9. The van der Waals surface area contributed by atoms with Crippen LogP contribution in [0.25, 0.3) is 11.4 Å². The van der Waals surface area contributed by atoms with Gasteiger partial charge in [-0.2, -0.15) is 4.98 Å². The van der Waals surface area contributed by atoms with Crippen molar-refractivity contribution in [3.05, 3.63) is 53.9 Å². The number of hydrogen-bond acceptors (Lipinski definition) is 7. The Labute approximate surface area is 199 Å². The van der Waals surface area contributed by atoms with Crippen LogP contribution in [0.5, 0.6) is 17.2 Å². The Morgan fingerprint density at radius 2 is 1.79 bits per heavy atom. The first-order chi connectivity index (χ1) is 16.6. The summed E-state index contributed by atoms with van der Waals surface area (Å²) in [6, 6.07) is 13.5. The van der Waals surface area contributed by atoms with Crippen molar-refractivity contribution < 1.29 is 23.5 Å². The second-order valence-corrected chi connectivity index (χ2v) is 8.31. The summed E-state index contributed by atoms with van der Waals surface area (Å²) in [4.78, 5) is 19.7. The maximum absolute atomic E-state index is 13.2. The van der Waals surface area contributed by atoms with Gasteiger partial charge in [-0.1, -0.05) is 30.1 Å². The third kappa shape index (κ3) is 5.32.